The third-order valence-electron chi connectivity index (χ3n) is 3.81. The molecule has 0 saturated carbocycles. The molecule has 0 radical (unpaired) electrons. The lowest BCUT2D eigenvalue weighted by Crippen LogP contribution is -2.31. The maximum atomic E-state index is 10.2. The normalized spacial score (nSPS) is 22.8. The molecule has 2 aliphatic heterocycles. The van der Waals surface area contributed by atoms with Crippen LogP contribution in [0.4, 0.5) is 0 Å². The summed E-state index contributed by atoms with van der Waals surface area (Å²) in [5.74, 6) is 2.02. The van der Waals surface area contributed by atoms with Crippen LogP contribution < -0.4 is 14.8 Å². The minimum absolute atomic E-state index is 0.259. The molecule has 2 aliphatic rings. The summed E-state index contributed by atoms with van der Waals surface area (Å²) in [6, 6.07) is 5.57. The molecule has 20 heavy (non-hydrogen) atoms. The zero-order valence-electron chi connectivity index (χ0n) is 11.5. The van der Waals surface area contributed by atoms with Crippen molar-refractivity contribution in [1.29, 1.82) is 0 Å². The van der Waals surface area contributed by atoms with Crippen LogP contribution in [0.3, 0.4) is 0 Å². The van der Waals surface area contributed by atoms with E-state index in [9.17, 15) is 5.11 Å². The van der Waals surface area contributed by atoms with Gasteiger partial charge in [0.1, 0.15) is 0 Å². The number of hydrogen-bond donors (Lipinski definition) is 2. The summed E-state index contributed by atoms with van der Waals surface area (Å²) in [7, 11) is 0. The number of aliphatic hydroxyl groups excluding tert-OH is 1. The first-order valence-corrected chi connectivity index (χ1v) is 7.19. The maximum Gasteiger partial charge on any atom is 0.231 e. The Labute approximate surface area is 118 Å². The van der Waals surface area contributed by atoms with Gasteiger partial charge in [0, 0.05) is 19.7 Å². The molecule has 110 valence electrons. The standard InChI is InChI=1S/C15H21NO4/c17-13(8-16-7-11-2-1-5-18-9-11)12-3-4-14-15(6-12)20-10-19-14/h3-4,6,11,13,16-17H,1-2,5,7-10H2. The van der Waals surface area contributed by atoms with Gasteiger partial charge in [-0.25, -0.2) is 0 Å². The van der Waals surface area contributed by atoms with Gasteiger partial charge < -0.3 is 24.6 Å². The number of hydrogen-bond acceptors (Lipinski definition) is 5. The van der Waals surface area contributed by atoms with E-state index in [0.29, 0.717) is 18.2 Å². The molecule has 0 aliphatic carbocycles. The predicted octanol–water partition coefficient (Wildman–Crippen LogP) is 1.46. The molecule has 2 heterocycles. The van der Waals surface area contributed by atoms with Crippen molar-refractivity contribution in [3.8, 4) is 11.5 Å². The highest BCUT2D eigenvalue weighted by atomic mass is 16.7. The molecular weight excluding hydrogens is 258 g/mol. The molecule has 1 fully saturated rings. The summed E-state index contributed by atoms with van der Waals surface area (Å²) < 4.78 is 16.0. The van der Waals surface area contributed by atoms with Crippen molar-refractivity contribution in [2.45, 2.75) is 18.9 Å². The van der Waals surface area contributed by atoms with Gasteiger partial charge in [-0.05, 0) is 36.5 Å². The first-order chi connectivity index (χ1) is 9.83. The van der Waals surface area contributed by atoms with Crippen LogP contribution in [0.25, 0.3) is 0 Å². The van der Waals surface area contributed by atoms with Gasteiger partial charge in [0.25, 0.3) is 0 Å². The van der Waals surface area contributed by atoms with Gasteiger partial charge in [-0.15, -0.1) is 0 Å². The smallest absolute Gasteiger partial charge is 0.231 e. The van der Waals surface area contributed by atoms with Crippen molar-refractivity contribution < 1.29 is 19.3 Å². The van der Waals surface area contributed by atoms with Gasteiger partial charge in [-0.3, -0.25) is 0 Å². The molecule has 3 rings (SSSR count). The van der Waals surface area contributed by atoms with Gasteiger partial charge in [0.15, 0.2) is 11.5 Å². The largest absolute Gasteiger partial charge is 0.454 e. The zero-order valence-corrected chi connectivity index (χ0v) is 11.5. The van der Waals surface area contributed by atoms with E-state index >= 15 is 0 Å². The Balaban J connectivity index is 1.47. The van der Waals surface area contributed by atoms with Crippen molar-refractivity contribution >= 4 is 0 Å². The number of fused-ring (bicyclic) bond motifs is 1. The fourth-order valence-corrected chi connectivity index (χ4v) is 2.63. The van der Waals surface area contributed by atoms with Crippen molar-refractivity contribution in [2.75, 3.05) is 33.1 Å². The van der Waals surface area contributed by atoms with E-state index in [1.54, 1.807) is 0 Å². The molecule has 1 aromatic rings. The average molecular weight is 279 g/mol. The average Bonchev–Trinajstić information content (AvgIpc) is 2.95. The molecule has 5 heteroatoms. The highest BCUT2D eigenvalue weighted by Crippen LogP contribution is 2.34. The summed E-state index contributed by atoms with van der Waals surface area (Å²) in [6.45, 7) is 3.40. The SMILES string of the molecule is OC(CNCC1CCCOC1)c1ccc2c(c1)OCO2. The molecule has 0 aromatic heterocycles. The zero-order chi connectivity index (χ0) is 13.8. The van der Waals surface area contributed by atoms with Crippen molar-refractivity contribution in [3.05, 3.63) is 23.8 Å². The fraction of sp³-hybridized carbons (Fsp3) is 0.600. The first-order valence-electron chi connectivity index (χ1n) is 7.19. The number of benzene rings is 1. The lowest BCUT2D eigenvalue weighted by molar-refractivity contribution is 0.0532. The molecule has 0 spiro atoms. The molecule has 2 unspecified atom stereocenters. The van der Waals surface area contributed by atoms with E-state index in [0.717, 1.165) is 37.5 Å². The second-order valence-electron chi connectivity index (χ2n) is 5.37. The minimum Gasteiger partial charge on any atom is -0.454 e. The third kappa shape index (κ3) is 3.23. The predicted molar refractivity (Wildman–Crippen MR) is 73.9 cm³/mol. The monoisotopic (exact) mass is 279 g/mol. The Kier molecular flexibility index (Phi) is 4.40. The Hall–Kier alpha value is -1.30. The van der Waals surface area contributed by atoms with Gasteiger partial charge in [-0.2, -0.15) is 0 Å². The summed E-state index contributed by atoms with van der Waals surface area (Å²) in [5.41, 5.74) is 0.849. The van der Waals surface area contributed by atoms with Crippen molar-refractivity contribution in [3.63, 3.8) is 0 Å². The number of aliphatic hydroxyl groups is 1. The van der Waals surface area contributed by atoms with Crippen LogP contribution >= 0.6 is 0 Å². The highest BCUT2D eigenvalue weighted by Gasteiger charge is 2.17. The van der Waals surface area contributed by atoms with Crippen LogP contribution in [0.1, 0.15) is 24.5 Å². The van der Waals surface area contributed by atoms with E-state index in [2.05, 4.69) is 5.32 Å². The number of ether oxygens (including phenoxy) is 3. The summed E-state index contributed by atoms with van der Waals surface area (Å²) in [6.07, 6.45) is 1.80. The van der Waals surface area contributed by atoms with Crippen LogP contribution in [-0.4, -0.2) is 38.2 Å². The second-order valence-corrected chi connectivity index (χ2v) is 5.37. The molecular formula is C15H21NO4. The molecule has 2 N–H and O–H groups in total. The van der Waals surface area contributed by atoms with E-state index < -0.39 is 6.10 Å². The lowest BCUT2D eigenvalue weighted by atomic mass is 10.0. The Bertz CT molecular complexity index is 445. The van der Waals surface area contributed by atoms with Crippen molar-refractivity contribution in [1.82, 2.24) is 5.32 Å². The molecule has 1 aromatic carbocycles. The van der Waals surface area contributed by atoms with Gasteiger partial charge in [0.05, 0.1) is 12.7 Å². The van der Waals surface area contributed by atoms with Crippen molar-refractivity contribution in [2.24, 2.45) is 5.92 Å². The van der Waals surface area contributed by atoms with Crippen LogP contribution in [0.15, 0.2) is 18.2 Å². The molecule has 5 nitrogen and oxygen atoms in total. The Morgan fingerprint density at radius 2 is 2.20 bits per heavy atom. The molecule has 2 atom stereocenters. The summed E-state index contributed by atoms with van der Waals surface area (Å²) in [4.78, 5) is 0. The highest BCUT2D eigenvalue weighted by molar-refractivity contribution is 5.45. The molecule has 0 amide bonds. The van der Waals surface area contributed by atoms with Crippen LogP contribution in [0.5, 0.6) is 11.5 Å². The van der Waals surface area contributed by atoms with Gasteiger partial charge in [0.2, 0.25) is 6.79 Å². The Morgan fingerprint density at radius 1 is 1.30 bits per heavy atom. The van der Waals surface area contributed by atoms with Gasteiger partial charge >= 0.3 is 0 Å². The third-order valence-corrected chi connectivity index (χ3v) is 3.81. The van der Waals surface area contributed by atoms with E-state index in [-0.39, 0.29) is 6.79 Å². The summed E-state index contributed by atoms with van der Waals surface area (Å²) in [5, 5.41) is 13.5. The fourth-order valence-electron chi connectivity index (χ4n) is 2.63. The van der Waals surface area contributed by atoms with Crippen LogP contribution in [0.2, 0.25) is 0 Å². The number of nitrogens with one attached hydrogen (secondary N) is 1. The minimum atomic E-state index is -0.533. The lowest BCUT2D eigenvalue weighted by Gasteiger charge is -2.23. The van der Waals surface area contributed by atoms with E-state index in [1.165, 1.54) is 6.42 Å². The van der Waals surface area contributed by atoms with Crippen LogP contribution in [0, 0.1) is 5.92 Å². The maximum absolute atomic E-state index is 10.2. The quantitative estimate of drug-likeness (QED) is 0.854. The molecule has 0 bridgehead atoms. The summed E-state index contributed by atoms with van der Waals surface area (Å²) >= 11 is 0. The first kappa shape index (κ1) is 13.7. The van der Waals surface area contributed by atoms with E-state index in [1.807, 2.05) is 18.2 Å². The topological polar surface area (TPSA) is 60.0 Å². The van der Waals surface area contributed by atoms with E-state index in [4.69, 9.17) is 14.2 Å². The molecule has 1 saturated heterocycles. The number of rotatable bonds is 5. The Morgan fingerprint density at radius 3 is 3.05 bits per heavy atom. The van der Waals surface area contributed by atoms with Gasteiger partial charge in [-0.1, -0.05) is 6.07 Å². The van der Waals surface area contributed by atoms with Crippen LogP contribution in [-0.2, 0) is 4.74 Å². The second kappa shape index (κ2) is 6.43.